The van der Waals surface area contributed by atoms with Crippen molar-refractivity contribution in [2.75, 3.05) is 25.1 Å². The zero-order valence-electron chi connectivity index (χ0n) is 26.1. The van der Waals surface area contributed by atoms with Gasteiger partial charge in [-0.1, -0.05) is 42.6 Å². The lowest BCUT2D eigenvalue weighted by molar-refractivity contribution is -0.385. The molecule has 1 atom stereocenters. The maximum absolute atomic E-state index is 14.3. The number of anilines is 1. The summed E-state index contributed by atoms with van der Waals surface area (Å²) in [5.41, 5.74) is 0.487. The second-order valence-corrected chi connectivity index (χ2v) is 13.4. The Labute approximate surface area is 273 Å². The smallest absolute Gasteiger partial charge is 0.273 e. The number of carbonyl (C=O) groups excluding carboxylic acids is 2. The van der Waals surface area contributed by atoms with Crippen LogP contribution in [0.15, 0.2) is 65.6 Å². The van der Waals surface area contributed by atoms with Crippen molar-refractivity contribution < 1.29 is 32.4 Å². The van der Waals surface area contributed by atoms with E-state index in [1.807, 2.05) is 0 Å². The van der Waals surface area contributed by atoms with Crippen LogP contribution >= 0.6 is 11.6 Å². The summed E-state index contributed by atoms with van der Waals surface area (Å²) in [7, 11) is -1.76. The standard InChI is InChI=1S/C32H37ClN4O8S/c1-21-9-15-27(18-28(21)37(40)41)46(42,43)36(29-17-24(33)12-16-30(29)45-4)20-31(38)35(19-23-10-13-26(44-3)14-11-23)22(2)32(39)34-25-7-5-6-8-25/h9-18,22,25H,5-8,19-20H2,1-4H3,(H,34,39)/t22-/m1/s1. The molecule has 0 aromatic heterocycles. The summed E-state index contributed by atoms with van der Waals surface area (Å²) in [5.74, 6) is -0.364. The first-order chi connectivity index (χ1) is 21.8. The van der Waals surface area contributed by atoms with Gasteiger partial charge in [-0.3, -0.25) is 24.0 Å². The minimum Gasteiger partial charge on any atom is -0.497 e. The molecule has 14 heteroatoms. The molecule has 1 aliphatic carbocycles. The van der Waals surface area contributed by atoms with Gasteiger partial charge < -0.3 is 19.7 Å². The second-order valence-electron chi connectivity index (χ2n) is 11.1. The quantitative estimate of drug-likeness (QED) is 0.191. The van der Waals surface area contributed by atoms with Crippen molar-refractivity contribution in [3.8, 4) is 11.5 Å². The van der Waals surface area contributed by atoms with E-state index in [1.54, 1.807) is 31.2 Å². The van der Waals surface area contributed by atoms with E-state index in [4.69, 9.17) is 21.1 Å². The number of nitrogens with one attached hydrogen (secondary N) is 1. The number of ether oxygens (including phenoxy) is 2. The van der Waals surface area contributed by atoms with Crippen molar-refractivity contribution in [2.24, 2.45) is 0 Å². The fourth-order valence-corrected chi connectivity index (χ4v) is 6.95. The highest BCUT2D eigenvalue weighted by Gasteiger charge is 2.35. The van der Waals surface area contributed by atoms with E-state index in [1.165, 1.54) is 56.4 Å². The molecule has 12 nitrogen and oxygen atoms in total. The van der Waals surface area contributed by atoms with E-state index in [2.05, 4.69) is 5.32 Å². The number of rotatable bonds is 13. The molecule has 0 unspecified atom stereocenters. The van der Waals surface area contributed by atoms with Crippen LogP contribution < -0.4 is 19.1 Å². The molecular weight excluding hydrogens is 636 g/mol. The average Bonchev–Trinajstić information content (AvgIpc) is 3.55. The Balaban J connectivity index is 1.78. The zero-order chi connectivity index (χ0) is 33.6. The zero-order valence-corrected chi connectivity index (χ0v) is 27.6. The first kappa shape index (κ1) is 34.5. The van der Waals surface area contributed by atoms with Crippen LogP contribution in [0.2, 0.25) is 5.02 Å². The summed E-state index contributed by atoms with van der Waals surface area (Å²) < 4.78 is 40.0. The minimum atomic E-state index is -4.63. The topological polar surface area (TPSA) is 148 Å². The van der Waals surface area contributed by atoms with E-state index in [9.17, 15) is 28.1 Å². The van der Waals surface area contributed by atoms with Gasteiger partial charge in [0, 0.05) is 29.2 Å². The Bertz CT molecular complexity index is 1690. The van der Waals surface area contributed by atoms with Gasteiger partial charge in [0.1, 0.15) is 24.1 Å². The molecule has 0 aliphatic heterocycles. The molecule has 0 bridgehead atoms. The van der Waals surface area contributed by atoms with Crippen LogP contribution in [0.3, 0.4) is 0 Å². The predicted molar refractivity (Wildman–Crippen MR) is 174 cm³/mol. The highest BCUT2D eigenvalue weighted by molar-refractivity contribution is 7.92. The Morgan fingerprint density at radius 3 is 2.33 bits per heavy atom. The maximum atomic E-state index is 14.3. The van der Waals surface area contributed by atoms with E-state index in [-0.39, 0.29) is 40.5 Å². The second kappa shape index (κ2) is 14.8. The molecule has 0 heterocycles. The van der Waals surface area contributed by atoms with Gasteiger partial charge in [0.15, 0.2) is 0 Å². The molecule has 0 spiro atoms. The number of nitrogens with zero attached hydrogens (tertiary/aromatic N) is 3. The lowest BCUT2D eigenvalue weighted by atomic mass is 10.1. The lowest BCUT2D eigenvalue weighted by Gasteiger charge is -2.33. The number of amides is 2. The summed E-state index contributed by atoms with van der Waals surface area (Å²) in [5, 5.41) is 14.9. The van der Waals surface area contributed by atoms with Crippen molar-refractivity contribution in [2.45, 2.75) is 63.1 Å². The molecule has 3 aromatic carbocycles. The van der Waals surface area contributed by atoms with Crippen molar-refractivity contribution in [3.05, 3.63) is 86.9 Å². The van der Waals surface area contributed by atoms with Crippen molar-refractivity contribution in [1.82, 2.24) is 10.2 Å². The van der Waals surface area contributed by atoms with E-state index in [0.717, 1.165) is 36.1 Å². The monoisotopic (exact) mass is 672 g/mol. The molecule has 1 N–H and O–H groups in total. The van der Waals surface area contributed by atoms with Crippen LogP contribution in [-0.2, 0) is 26.2 Å². The molecule has 1 fully saturated rings. The molecular formula is C32H37ClN4O8S. The summed E-state index contributed by atoms with van der Waals surface area (Å²) in [6, 6.07) is 13.8. The number of nitro benzene ring substituents is 1. The van der Waals surface area contributed by atoms with Crippen LogP contribution in [-0.4, -0.2) is 62.9 Å². The highest BCUT2D eigenvalue weighted by Crippen LogP contribution is 2.36. The van der Waals surface area contributed by atoms with Gasteiger partial charge in [-0.05, 0) is 68.7 Å². The Kier molecular flexibility index (Phi) is 11.1. The fourth-order valence-electron chi connectivity index (χ4n) is 5.35. The molecule has 3 aromatic rings. The number of sulfonamides is 1. The van der Waals surface area contributed by atoms with Crippen LogP contribution in [0.25, 0.3) is 0 Å². The Morgan fingerprint density at radius 1 is 1.04 bits per heavy atom. The average molecular weight is 673 g/mol. The van der Waals surface area contributed by atoms with Crippen molar-refractivity contribution in [1.29, 1.82) is 0 Å². The normalized spacial score (nSPS) is 13.9. The summed E-state index contributed by atoms with van der Waals surface area (Å²) in [6.07, 6.45) is 3.68. The number of hydrogen-bond donors (Lipinski definition) is 1. The Hall–Kier alpha value is -4.36. The highest BCUT2D eigenvalue weighted by atomic mass is 35.5. The molecule has 1 aliphatic rings. The van der Waals surface area contributed by atoms with Gasteiger partial charge in [0.2, 0.25) is 11.8 Å². The fraction of sp³-hybridized carbons (Fsp3) is 0.375. The van der Waals surface area contributed by atoms with Gasteiger partial charge in [-0.15, -0.1) is 0 Å². The van der Waals surface area contributed by atoms with Gasteiger partial charge in [0.05, 0.1) is 29.7 Å². The first-order valence-corrected chi connectivity index (χ1v) is 16.5. The molecule has 46 heavy (non-hydrogen) atoms. The minimum absolute atomic E-state index is 0.00202. The molecule has 1 saturated carbocycles. The number of methoxy groups -OCH3 is 2. The number of nitro groups is 1. The molecule has 246 valence electrons. The maximum Gasteiger partial charge on any atom is 0.273 e. The third kappa shape index (κ3) is 7.88. The van der Waals surface area contributed by atoms with E-state index >= 15 is 0 Å². The van der Waals surface area contributed by atoms with Gasteiger partial charge in [-0.2, -0.15) is 0 Å². The molecule has 4 rings (SSSR count). The SMILES string of the molecule is COc1ccc(CN(C(=O)CN(c2cc(Cl)ccc2OC)S(=O)(=O)c2ccc(C)c([N+](=O)[O-])c2)[C@H](C)C(=O)NC2CCCC2)cc1. The van der Waals surface area contributed by atoms with Crippen LogP contribution in [0.5, 0.6) is 11.5 Å². The number of benzene rings is 3. The number of halogens is 1. The molecule has 2 amide bonds. The number of carbonyl (C=O) groups is 2. The lowest BCUT2D eigenvalue weighted by Crippen LogP contribution is -2.52. The van der Waals surface area contributed by atoms with Gasteiger partial charge >= 0.3 is 0 Å². The first-order valence-electron chi connectivity index (χ1n) is 14.7. The summed E-state index contributed by atoms with van der Waals surface area (Å²) in [6.45, 7) is 2.30. The number of aryl methyl sites for hydroxylation is 1. The van der Waals surface area contributed by atoms with Gasteiger partial charge in [-0.25, -0.2) is 8.42 Å². The third-order valence-corrected chi connectivity index (χ3v) is 10.0. The molecule has 0 saturated heterocycles. The summed E-state index contributed by atoms with van der Waals surface area (Å²) in [4.78, 5) is 39.6. The van der Waals surface area contributed by atoms with E-state index < -0.39 is 44.0 Å². The largest absolute Gasteiger partial charge is 0.497 e. The summed E-state index contributed by atoms with van der Waals surface area (Å²) >= 11 is 6.28. The van der Waals surface area contributed by atoms with Crippen molar-refractivity contribution >= 4 is 44.8 Å². The predicted octanol–water partition coefficient (Wildman–Crippen LogP) is 5.25. The van der Waals surface area contributed by atoms with Gasteiger partial charge in [0.25, 0.3) is 15.7 Å². The van der Waals surface area contributed by atoms with Crippen LogP contribution in [0, 0.1) is 17.0 Å². The number of hydrogen-bond acceptors (Lipinski definition) is 8. The third-order valence-electron chi connectivity index (χ3n) is 8.03. The van der Waals surface area contributed by atoms with E-state index in [0.29, 0.717) is 11.3 Å². The van der Waals surface area contributed by atoms with Crippen LogP contribution in [0.1, 0.15) is 43.7 Å². The molecule has 0 radical (unpaired) electrons. The van der Waals surface area contributed by atoms with Crippen LogP contribution in [0.4, 0.5) is 11.4 Å². The van der Waals surface area contributed by atoms with Crippen molar-refractivity contribution in [3.63, 3.8) is 0 Å². The Morgan fingerprint density at radius 2 is 1.72 bits per heavy atom.